The molecule has 0 saturated carbocycles. The molecule has 0 unspecified atom stereocenters. The zero-order chi connectivity index (χ0) is 12.1. The first-order valence-electron chi connectivity index (χ1n) is 4.73. The number of methoxy groups -OCH3 is 1. The summed E-state index contributed by atoms with van der Waals surface area (Å²) in [7, 11) is 1.53. The zero-order valence-electron chi connectivity index (χ0n) is 9.05. The lowest BCUT2D eigenvalue weighted by Crippen LogP contribution is -2.07. The molecular formula is C11H12Br2O3. The minimum absolute atomic E-state index is 0.349. The van der Waals surface area contributed by atoms with Gasteiger partial charge in [-0.15, -0.1) is 0 Å². The largest absolute Gasteiger partial charge is 0.496 e. The van der Waals surface area contributed by atoms with Gasteiger partial charge in [0.25, 0.3) is 0 Å². The van der Waals surface area contributed by atoms with E-state index in [1.165, 1.54) is 7.11 Å². The molecule has 0 aliphatic carbocycles. The average molecular weight is 352 g/mol. The molecule has 0 saturated heterocycles. The van der Waals surface area contributed by atoms with Crippen LogP contribution in [0.1, 0.15) is 22.8 Å². The summed E-state index contributed by atoms with van der Waals surface area (Å²) in [5.74, 6) is 0.143. The molecule has 0 aliphatic heterocycles. The molecule has 16 heavy (non-hydrogen) atoms. The van der Waals surface area contributed by atoms with E-state index in [-0.39, 0.29) is 5.97 Å². The molecule has 5 heteroatoms. The van der Waals surface area contributed by atoms with Gasteiger partial charge < -0.3 is 9.47 Å². The predicted molar refractivity (Wildman–Crippen MR) is 69.3 cm³/mol. The van der Waals surface area contributed by atoms with Crippen molar-refractivity contribution in [1.82, 2.24) is 0 Å². The molecule has 0 heterocycles. The maximum absolute atomic E-state index is 11.7. The standard InChI is InChI=1S/C11H12Br2O3/c1-3-16-11(14)8-4-7(6-12)9(13)5-10(8)15-2/h4-5H,3,6H2,1-2H3. The van der Waals surface area contributed by atoms with E-state index in [0.29, 0.717) is 23.2 Å². The molecule has 0 fully saturated rings. The SMILES string of the molecule is CCOC(=O)c1cc(CBr)c(Br)cc1OC. The Kier molecular flexibility index (Phi) is 5.28. The minimum atomic E-state index is -0.367. The van der Waals surface area contributed by atoms with Crippen molar-refractivity contribution in [3.63, 3.8) is 0 Å². The molecule has 0 spiro atoms. The van der Waals surface area contributed by atoms with Gasteiger partial charge in [-0.05, 0) is 24.6 Å². The van der Waals surface area contributed by atoms with Crippen LogP contribution < -0.4 is 4.74 Å². The average Bonchev–Trinajstić information content (AvgIpc) is 2.28. The van der Waals surface area contributed by atoms with Crippen LogP contribution in [0.15, 0.2) is 16.6 Å². The maximum atomic E-state index is 11.7. The van der Waals surface area contributed by atoms with E-state index in [2.05, 4.69) is 31.9 Å². The van der Waals surface area contributed by atoms with E-state index in [1.807, 2.05) is 0 Å². The number of hydrogen-bond donors (Lipinski definition) is 0. The molecule has 1 rings (SSSR count). The summed E-state index contributed by atoms with van der Waals surface area (Å²) >= 11 is 6.76. The Morgan fingerprint density at radius 3 is 2.62 bits per heavy atom. The van der Waals surface area contributed by atoms with Crippen LogP contribution in [0.25, 0.3) is 0 Å². The molecule has 0 N–H and O–H groups in total. The monoisotopic (exact) mass is 350 g/mol. The molecule has 88 valence electrons. The minimum Gasteiger partial charge on any atom is -0.496 e. The molecule has 3 nitrogen and oxygen atoms in total. The second kappa shape index (κ2) is 6.25. The molecule has 0 radical (unpaired) electrons. The van der Waals surface area contributed by atoms with Crippen LogP contribution in [0.4, 0.5) is 0 Å². The molecular weight excluding hydrogens is 340 g/mol. The van der Waals surface area contributed by atoms with E-state index >= 15 is 0 Å². The van der Waals surface area contributed by atoms with Crippen molar-refractivity contribution < 1.29 is 14.3 Å². The van der Waals surface area contributed by atoms with E-state index < -0.39 is 0 Å². The number of esters is 1. The van der Waals surface area contributed by atoms with Gasteiger partial charge in [0.15, 0.2) is 0 Å². The lowest BCUT2D eigenvalue weighted by atomic mass is 10.1. The molecule has 0 aromatic heterocycles. The van der Waals surface area contributed by atoms with Crippen molar-refractivity contribution >= 4 is 37.8 Å². The van der Waals surface area contributed by atoms with E-state index in [1.54, 1.807) is 19.1 Å². The Morgan fingerprint density at radius 1 is 1.44 bits per heavy atom. The summed E-state index contributed by atoms with van der Waals surface area (Å²) in [5.41, 5.74) is 1.42. The van der Waals surface area contributed by atoms with Gasteiger partial charge in [-0.2, -0.15) is 0 Å². The van der Waals surface area contributed by atoms with Gasteiger partial charge in [-0.25, -0.2) is 4.79 Å². The molecule has 0 aliphatic rings. The Morgan fingerprint density at radius 2 is 2.12 bits per heavy atom. The zero-order valence-corrected chi connectivity index (χ0v) is 12.2. The quantitative estimate of drug-likeness (QED) is 0.615. The topological polar surface area (TPSA) is 35.5 Å². The van der Waals surface area contributed by atoms with Gasteiger partial charge in [0.05, 0.1) is 13.7 Å². The number of benzene rings is 1. The Hall–Kier alpha value is -0.550. The number of alkyl halides is 1. The molecule has 0 bridgehead atoms. The first kappa shape index (κ1) is 13.5. The number of carbonyl (C=O) groups is 1. The third kappa shape index (κ3) is 2.98. The van der Waals surface area contributed by atoms with Gasteiger partial charge >= 0.3 is 5.97 Å². The van der Waals surface area contributed by atoms with Crippen molar-refractivity contribution in [3.8, 4) is 5.75 Å². The maximum Gasteiger partial charge on any atom is 0.341 e. The fraction of sp³-hybridized carbons (Fsp3) is 0.364. The third-order valence-electron chi connectivity index (χ3n) is 2.01. The number of carbonyl (C=O) groups excluding carboxylic acids is 1. The van der Waals surface area contributed by atoms with Crippen LogP contribution in [-0.2, 0) is 10.1 Å². The van der Waals surface area contributed by atoms with Crippen molar-refractivity contribution in [2.75, 3.05) is 13.7 Å². The van der Waals surface area contributed by atoms with Crippen LogP contribution in [0.5, 0.6) is 5.75 Å². The number of ether oxygens (including phenoxy) is 2. The summed E-state index contributed by atoms with van der Waals surface area (Å²) in [6, 6.07) is 3.53. The second-order valence-electron chi connectivity index (χ2n) is 3.00. The summed E-state index contributed by atoms with van der Waals surface area (Å²) in [6.07, 6.45) is 0. The number of rotatable bonds is 4. The van der Waals surface area contributed by atoms with Crippen LogP contribution >= 0.6 is 31.9 Å². The molecule has 1 aromatic rings. The Labute approximate surface area is 111 Å². The van der Waals surface area contributed by atoms with Crippen LogP contribution in [0, 0.1) is 0 Å². The fourth-order valence-corrected chi connectivity index (χ4v) is 2.54. The van der Waals surface area contributed by atoms with Crippen LogP contribution in [0.2, 0.25) is 0 Å². The number of halogens is 2. The highest BCUT2D eigenvalue weighted by molar-refractivity contribution is 9.10. The van der Waals surface area contributed by atoms with Gasteiger partial charge in [0, 0.05) is 9.80 Å². The molecule has 0 amide bonds. The second-order valence-corrected chi connectivity index (χ2v) is 4.41. The lowest BCUT2D eigenvalue weighted by molar-refractivity contribution is 0.0522. The highest BCUT2D eigenvalue weighted by Crippen LogP contribution is 2.29. The van der Waals surface area contributed by atoms with E-state index in [0.717, 1.165) is 10.0 Å². The predicted octanol–water partition coefficient (Wildman–Crippen LogP) is 3.53. The van der Waals surface area contributed by atoms with Crippen molar-refractivity contribution in [1.29, 1.82) is 0 Å². The first-order chi connectivity index (χ1) is 7.63. The number of hydrogen-bond acceptors (Lipinski definition) is 3. The summed E-state index contributed by atoms with van der Waals surface area (Å²) in [6.45, 7) is 2.12. The normalized spacial score (nSPS) is 10.0. The highest BCUT2D eigenvalue weighted by atomic mass is 79.9. The summed E-state index contributed by atoms with van der Waals surface area (Å²) < 4.78 is 11.0. The van der Waals surface area contributed by atoms with Gasteiger partial charge in [-0.3, -0.25) is 0 Å². The van der Waals surface area contributed by atoms with Gasteiger partial charge in [0.2, 0.25) is 0 Å². The molecule has 0 atom stereocenters. The first-order valence-corrected chi connectivity index (χ1v) is 6.65. The fourth-order valence-electron chi connectivity index (χ4n) is 1.24. The van der Waals surface area contributed by atoms with Crippen molar-refractivity contribution in [2.24, 2.45) is 0 Å². The van der Waals surface area contributed by atoms with Crippen molar-refractivity contribution in [2.45, 2.75) is 12.3 Å². The summed E-state index contributed by atoms with van der Waals surface area (Å²) in [5, 5.41) is 0.657. The molecule has 1 aromatic carbocycles. The van der Waals surface area contributed by atoms with Crippen LogP contribution in [-0.4, -0.2) is 19.7 Å². The Balaban J connectivity index is 3.19. The van der Waals surface area contributed by atoms with Gasteiger partial charge in [-0.1, -0.05) is 31.9 Å². The smallest absolute Gasteiger partial charge is 0.341 e. The highest BCUT2D eigenvalue weighted by Gasteiger charge is 2.16. The van der Waals surface area contributed by atoms with Crippen LogP contribution in [0.3, 0.4) is 0 Å². The Bertz CT molecular complexity index is 391. The van der Waals surface area contributed by atoms with E-state index in [4.69, 9.17) is 9.47 Å². The van der Waals surface area contributed by atoms with Gasteiger partial charge in [0.1, 0.15) is 11.3 Å². The van der Waals surface area contributed by atoms with Crippen molar-refractivity contribution in [3.05, 3.63) is 27.7 Å². The van der Waals surface area contributed by atoms with E-state index in [9.17, 15) is 4.79 Å². The summed E-state index contributed by atoms with van der Waals surface area (Å²) in [4.78, 5) is 11.7. The lowest BCUT2D eigenvalue weighted by Gasteiger charge is -2.10. The third-order valence-corrected chi connectivity index (χ3v) is 3.35.